The van der Waals surface area contributed by atoms with Crippen LogP contribution in [0.2, 0.25) is 5.02 Å². The lowest BCUT2D eigenvalue weighted by Gasteiger charge is -2.46. The third-order valence-electron chi connectivity index (χ3n) is 5.36. The van der Waals surface area contributed by atoms with Gasteiger partial charge in [0.2, 0.25) is 0 Å². The predicted molar refractivity (Wildman–Crippen MR) is 103 cm³/mol. The molecule has 2 aliphatic rings. The van der Waals surface area contributed by atoms with Crippen molar-refractivity contribution in [3.8, 4) is 5.75 Å². The molecule has 27 heavy (non-hydrogen) atoms. The smallest absolute Gasteiger partial charge is 0.321 e. The first-order valence-corrected chi connectivity index (χ1v) is 9.38. The van der Waals surface area contributed by atoms with Gasteiger partial charge in [-0.05, 0) is 30.3 Å². The van der Waals surface area contributed by atoms with E-state index in [1.807, 2.05) is 12.1 Å². The minimum atomic E-state index is -0.399. The highest BCUT2D eigenvalue weighted by Crippen LogP contribution is 2.46. The van der Waals surface area contributed by atoms with E-state index < -0.39 is 5.60 Å². The third-order valence-corrected chi connectivity index (χ3v) is 5.66. The molecule has 0 radical (unpaired) electrons. The summed E-state index contributed by atoms with van der Waals surface area (Å²) in [6, 6.07) is 11.0. The fourth-order valence-electron chi connectivity index (χ4n) is 3.85. The van der Waals surface area contributed by atoms with E-state index in [0.717, 1.165) is 5.56 Å². The number of nitrogens with two attached hydrogens (primary N) is 1. The Bertz CT molecular complexity index is 851. The number of piperidine rings is 1. The number of anilines is 1. The third kappa shape index (κ3) is 3.59. The first kappa shape index (κ1) is 18.1. The average Bonchev–Trinajstić information content (AvgIpc) is 2.65. The molecule has 2 aromatic rings. The fraction of sp³-hybridized carbons (Fsp3) is 0.350. The number of ether oxygens (including phenoxy) is 1. The second-order valence-corrected chi connectivity index (χ2v) is 7.59. The maximum atomic E-state index is 13.0. The van der Waals surface area contributed by atoms with Crippen molar-refractivity contribution >= 4 is 23.3 Å². The molecule has 5 nitrogen and oxygen atoms in total. The van der Waals surface area contributed by atoms with Crippen LogP contribution in [-0.2, 0) is 0 Å². The zero-order valence-electron chi connectivity index (χ0n) is 14.8. The van der Waals surface area contributed by atoms with E-state index in [1.54, 1.807) is 23.1 Å². The second-order valence-electron chi connectivity index (χ2n) is 7.18. The van der Waals surface area contributed by atoms with Gasteiger partial charge in [-0.15, -0.1) is 0 Å². The number of fused-ring (bicyclic) bond motifs is 1. The van der Waals surface area contributed by atoms with Crippen molar-refractivity contribution in [1.29, 1.82) is 0 Å². The number of hydrogen-bond acceptors (Lipinski definition) is 3. The molecular formula is C20H21ClFN3O2. The molecule has 1 saturated heterocycles. The van der Waals surface area contributed by atoms with Gasteiger partial charge < -0.3 is 20.7 Å². The lowest BCUT2D eigenvalue weighted by molar-refractivity contribution is -0.0120. The van der Waals surface area contributed by atoms with Gasteiger partial charge in [0.05, 0.1) is 5.02 Å². The van der Waals surface area contributed by atoms with Gasteiger partial charge in [-0.25, -0.2) is 9.18 Å². The van der Waals surface area contributed by atoms with Gasteiger partial charge in [-0.2, -0.15) is 0 Å². The summed E-state index contributed by atoms with van der Waals surface area (Å²) in [5.74, 6) is 0.333. The Labute approximate surface area is 162 Å². The Balaban J connectivity index is 1.42. The van der Waals surface area contributed by atoms with E-state index in [9.17, 15) is 9.18 Å². The zero-order chi connectivity index (χ0) is 19.0. The van der Waals surface area contributed by atoms with Crippen molar-refractivity contribution in [2.45, 2.75) is 30.9 Å². The van der Waals surface area contributed by atoms with E-state index >= 15 is 0 Å². The number of nitrogens with zero attached hydrogens (tertiary/aromatic N) is 1. The molecule has 0 saturated carbocycles. The molecule has 0 aliphatic carbocycles. The highest BCUT2D eigenvalue weighted by molar-refractivity contribution is 6.32. The zero-order valence-corrected chi connectivity index (χ0v) is 15.5. The number of benzene rings is 2. The maximum absolute atomic E-state index is 13.0. The van der Waals surface area contributed by atoms with Gasteiger partial charge in [0.15, 0.2) is 0 Å². The number of hydrogen-bond donors (Lipinski definition) is 2. The van der Waals surface area contributed by atoms with Crippen LogP contribution in [0.5, 0.6) is 5.75 Å². The lowest BCUT2D eigenvalue weighted by atomic mass is 9.81. The second kappa shape index (κ2) is 7.02. The van der Waals surface area contributed by atoms with E-state index in [-0.39, 0.29) is 17.9 Å². The van der Waals surface area contributed by atoms with Gasteiger partial charge in [-0.1, -0.05) is 23.7 Å². The van der Waals surface area contributed by atoms with Crippen LogP contribution in [0.1, 0.15) is 30.9 Å². The Morgan fingerprint density at radius 2 is 1.93 bits per heavy atom. The van der Waals surface area contributed by atoms with E-state index in [2.05, 4.69) is 5.32 Å². The summed E-state index contributed by atoms with van der Waals surface area (Å²) in [4.78, 5) is 14.2. The van der Waals surface area contributed by atoms with Crippen LogP contribution in [0, 0.1) is 5.82 Å². The molecule has 1 fully saturated rings. The Morgan fingerprint density at radius 3 is 2.63 bits per heavy atom. The summed E-state index contributed by atoms with van der Waals surface area (Å²) in [7, 11) is 0. The minimum Gasteiger partial charge on any atom is -0.485 e. The molecule has 0 bridgehead atoms. The first-order valence-electron chi connectivity index (χ1n) is 9.00. The van der Waals surface area contributed by atoms with Gasteiger partial charge in [0, 0.05) is 49.6 Å². The SMILES string of the molecule is N[C@@H]1CC2(CCN(C(=O)Nc3ccc(F)cc3)CC2)Oc2c(Cl)cccc21. The molecule has 7 heteroatoms. The highest BCUT2D eigenvalue weighted by atomic mass is 35.5. The van der Waals surface area contributed by atoms with Crippen molar-refractivity contribution in [1.82, 2.24) is 4.90 Å². The van der Waals surface area contributed by atoms with E-state index in [0.29, 0.717) is 48.8 Å². The van der Waals surface area contributed by atoms with Crippen LogP contribution in [0.25, 0.3) is 0 Å². The monoisotopic (exact) mass is 389 g/mol. The van der Waals surface area contributed by atoms with Gasteiger partial charge in [0.25, 0.3) is 0 Å². The Kier molecular flexibility index (Phi) is 4.70. The van der Waals surface area contributed by atoms with Crippen LogP contribution in [0.15, 0.2) is 42.5 Å². The number of halogens is 2. The standard InChI is InChI=1S/C20H21ClFN3O2/c21-16-3-1-2-15-17(23)12-20(27-18(15)16)8-10-25(11-9-20)19(26)24-14-6-4-13(22)5-7-14/h1-7,17H,8-12,23H2,(H,24,26)/t17-/m1/s1. The van der Waals surface area contributed by atoms with Gasteiger partial charge >= 0.3 is 6.03 Å². The molecule has 0 unspecified atom stereocenters. The summed E-state index contributed by atoms with van der Waals surface area (Å²) in [6.45, 7) is 1.11. The molecule has 2 heterocycles. The summed E-state index contributed by atoms with van der Waals surface area (Å²) in [5, 5.41) is 3.37. The lowest BCUT2D eigenvalue weighted by Crippen LogP contribution is -2.53. The Hall–Kier alpha value is -2.31. The Morgan fingerprint density at radius 1 is 1.22 bits per heavy atom. The molecular weight excluding hydrogens is 369 g/mol. The molecule has 2 amide bonds. The number of amides is 2. The van der Waals surface area contributed by atoms with Crippen molar-refractivity contribution in [2.75, 3.05) is 18.4 Å². The van der Waals surface area contributed by atoms with Gasteiger partial charge in [-0.3, -0.25) is 0 Å². The van der Waals surface area contributed by atoms with Crippen LogP contribution in [0.3, 0.4) is 0 Å². The average molecular weight is 390 g/mol. The summed E-state index contributed by atoms with van der Waals surface area (Å²) in [5.41, 5.74) is 7.47. The first-order chi connectivity index (χ1) is 13.0. The largest absolute Gasteiger partial charge is 0.485 e. The molecule has 2 aliphatic heterocycles. The molecule has 3 N–H and O–H groups in total. The number of nitrogens with one attached hydrogen (secondary N) is 1. The van der Waals surface area contributed by atoms with Crippen LogP contribution >= 0.6 is 11.6 Å². The number of carbonyl (C=O) groups is 1. The number of carbonyl (C=O) groups excluding carboxylic acids is 1. The molecule has 0 aromatic heterocycles. The number of urea groups is 1. The summed E-state index contributed by atoms with van der Waals surface area (Å²) < 4.78 is 19.3. The van der Waals surface area contributed by atoms with E-state index in [1.165, 1.54) is 12.1 Å². The number of likely N-dealkylation sites (tertiary alicyclic amines) is 1. The molecule has 1 atom stereocenters. The van der Waals surface area contributed by atoms with Crippen molar-refractivity contribution in [2.24, 2.45) is 5.73 Å². The summed E-state index contributed by atoms with van der Waals surface area (Å²) in [6.07, 6.45) is 2.07. The summed E-state index contributed by atoms with van der Waals surface area (Å²) >= 11 is 6.31. The van der Waals surface area contributed by atoms with Gasteiger partial charge in [0.1, 0.15) is 17.2 Å². The van der Waals surface area contributed by atoms with Crippen molar-refractivity contribution < 1.29 is 13.9 Å². The van der Waals surface area contributed by atoms with E-state index in [4.69, 9.17) is 22.1 Å². The quantitative estimate of drug-likeness (QED) is 0.762. The van der Waals surface area contributed by atoms with Crippen LogP contribution < -0.4 is 15.8 Å². The topological polar surface area (TPSA) is 67.6 Å². The molecule has 142 valence electrons. The van der Waals surface area contributed by atoms with Crippen LogP contribution in [-0.4, -0.2) is 29.6 Å². The predicted octanol–water partition coefficient (Wildman–Crippen LogP) is 4.33. The maximum Gasteiger partial charge on any atom is 0.321 e. The number of para-hydroxylation sites is 1. The molecule has 1 spiro atoms. The molecule has 4 rings (SSSR count). The van der Waals surface area contributed by atoms with Crippen molar-refractivity contribution in [3.05, 3.63) is 58.9 Å². The fourth-order valence-corrected chi connectivity index (χ4v) is 4.07. The normalized spacial score (nSPS) is 20.7. The number of rotatable bonds is 1. The molecule has 2 aromatic carbocycles. The van der Waals surface area contributed by atoms with Crippen molar-refractivity contribution in [3.63, 3.8) is 0 Å². The minimum absolute atomic E-state index is 0.132. The highest BCUT2D eigenvalue weighted by Gasteiger charge is 2.43. The van der Waals surface area contributed by atoms with Crippen LogP contribution in [0.4, 0.5) is 14.9 Å².